The molecular weight excluding hydrogens is 292 g/mol. The smallest absolute Gasteiger partial charge is 0.251 e. The van der Waals surface area contributed by atoms with Gasteiger partial charge in [-0.25, -0.2) is 0 Å². The maximum Gasteiger partial charge on any atom is 0.251 e. The normalized spacial score (nSPS) is 15.5. The minimum atomic E-state index is -0.0806. The Labute approximate surface area is 139 Å². The number of methoxy groups -OCH3 is 2. The zero-order valence-electron chi connectivity index (χ0n) is 14.4. The number of ether oxygens (including phenoxy) is 2. The molecule has 1 aromatic rings. The number of benzene rings is 1. The van der Waals surface area contributed by atoms with Crippen molar-refractivity contribution in [3.8, 4) is 11.5 Å². The van der Waals surface area contributed by atoms with Gasteiger partial charge in [-0.1, -0.05) is 19.3 Å². The van der Waals surface area contributed by atoms with Crippen molar-refractivity contribution in [3.05, 3.63) is 23.8 Å². The number of likely N-dealkylation sites (N-methyl/N-ethyl adjacent to an activating group) is 1. The SMILES string of the molecule is COc1ccc(C(=O)NCCN(C)C2CCCCC2)cc1OC. The number of carbonyl (C=O) groups excluding carboxylic acids is 1. The van der Waals surface area contributed by atoms with Gasteiger partial charge in [0.2, 0.25) is 0 Å². The molecule has 1 aliphatic rings. The maximum absolute atomic E-state index is 12.2. The third-order valence-electron chi connectivity index (χ3n) is 4.59. The molecule has 5 nitrogen and oxygen atoms in total. The lowest BCUT2D eigenvalue weighted by atomic mass is 9.94. The zero-order valence-corrected chi connectivity index (χ0v) is 14.4. The maximum atomic E-state index is 12.2. The molecule has 128 valence electrons. The number of carbonyl (C=O) groups is 1. The molecule has 1 aromatic carbocycles. The Morgan fingerprint density at radius 1 is 1.17 bits per heavy atom. The molecule has 0 spiro atoms. The fourth-order valence-electron chi connectivity index (χ4n) is 3.13. The average molecular weight is 320 g/mol. The molecule has 1 fully saturated rings. The van der Waals surface area contributed by atoms with Crippen molar-refractivity contribution in [1.29, 1.82) is 0 Å². The van der Waals surface area contributed by atoms with E-state index in [-0.39, 0.29) is 5.91 Å². The van der Waals surface area contributed by atoms with Gasteiger partial charge in [-0.2, -0.15) is 0 Å². The number of hydrogen-bond donors (Lipinski definition) is 1. The Morgan fingerprint density at radius 2 is 1.87 bits per heavy atom. The van der Waals surface area contributed by atoms with Gasteiger partial charge in [-0.05, 0) is 38.1 Å². The largest absolute Gasteiger partial charge is 0.493 e. The fourth-order valence-corrected chi connectivity index (χ4v) is 3.13. The van der Waals surface area contributed by atoms with Crippen LogP contribution in [0.4, 0.5) is 0 Å². The van der Waals surface area contributed by atoms with E-state index in [2.05, 4.69) is 17.3 Å². The van der Waals surface area contributed by atoms with E-state index < -0.39 is 0 Å². The molecule has 0 unspecified atom stereocenters. The highest BCUT2D eigenvalue weighted by Gasteiger charge is 2.17. The highest BCUT2D eigenvalue weighted by Crippen LogP contribution is 2.27. The predicted molar refractivity (Wildman–Crippen MR) is 91.4 cm³/mol. The summed E-state index contributed by atoms with van der Waals surface area (Å²) in [5.41, 5.74) is 0.586. The molecule has 1 aliphatic carbocycles. The van der Waals surface area contributed by atoms with Crippen molar-refractivity contribution in [3.63, 3.8) is 0 Å². The fraction of sp³-hybridized carbons (Fsp3) is 0.611. The molecule has 1 saturated carbocycles. The summed E-state index contributed by atoms with van der Waals surface area (Å²) in [6, 6.07) is 5.88. The van der Waals surface area contributed by atoms with Crippen molar-refractivity contribution in [2.45, 2.75) is 38.1 Å². The van der Waals surface area contributed by atoms with Crippen LogP contribution in [0.1, 0.15) is 42.5 Å². The highest BCUT2D eigenvalue weighted by molar-refractivity contribution is 5.94. The molecule has 23 heavy (non-hydrogen) atoms. The lowest BCUT2D eigenvalue weighted by molar-refractivity contribution is 0.0944. The topological polar surface area (TPSA) is 50.8 Å². The molecular formula is C18H28N2O3. The minimum Gasteiger partial charge on any atom is -0.493 e. The molecule has 0 saturated heterocycles. The van der Waals surface area contributed by atoms with Crippen LogP contribution in [-0.4, -0.2) is 51.2 Å². The number of rotatable bonds is 7. The van der Waals surface area contributed by atoms with E-state index in [1.165, 1.54) is 32.1 Å². The van der Waals surface area contributed by atoms with Crippen LogP contribution in [0.25, 0.3) is 0 Å². The van der Waals surface area contributed by atoms with E-state index in [0.29, 0.717) is 29.6 Å². The van der Waals surface area contributed by atoms with Crippen LogP contribution in [0.5, 0.6) is 11.5 Å². The van der Waals surface area contributed by atoms with Gasteiger partial charge in [0.05, 0.1) is 14.2 Å². The molecule has 1 N–H and O–H groups in total. The molecule has 2 rings (SSSR count). The third kappa shape index (κ3) is 4.86. The van der Waals surface area contributed by atoms with Gasteiger partial charge in [0, 0.05) is 24.7 Å². The third-order valence-corrected chi connectivity index (χ3v) is 4.59. The first kappa shape index (κ1) is 17.6. The molecule has 0 bridgehead atoms. The molecule has 5 heteroatoms. The van der Waals surface area contributed by atoms with Crippen LogP contribution in [0.3, 0.4) is 0 Å². The van der Waals surface area contributed by atoms with E-state index in [0.717, 1.165) is 6.54 Å². The Balaban J connectivity index is 1.82. The molecule has 0 aromatic heterocycles. The van der Waals surface area contributed by atoms with Crippen molar-refractivity contribution in [2.75, 3.05) is 34.4 Å². The summed E-state index contributed by atoms with van der Waals surface area (Å²) in [7, 11) is 5.30. The Kier molecular flexibility index (Phi) is 6.71. The summed E-state index contributed by atoms with van der Waals surface area (Å²) in [6.07, 6.45) is 6.57. The van der Waals surface area contributed by atoms with Crippen molar-refractivity contribution < 1.29 is 14.3 Å². The number of amides is 1. The summed E-state index contributed by atoms with van der Waals surface area (Å²) in [6.45, 7) is 1.53. The predicted octanol–water partition coefficient (Wildman–Crippen LogP) is 2.70. The van der Waals surface area contributed by atoms with Crippen LogP contribution in [0.15, 0.2) is 18.2 Å². The summed E-state index contributed by atoms with van der Waals surface area (Å²) < 4.78 is 10.4. The van der Waals surface area contributed by atoms with E-state index in [1.54, 1.807) is 32.4 Å². The number of hydrogen-bond acceptors (Lipinski definition) is 4. The first-order valence-electron chi connectivity index (χ1n) is 8.36. The highest BCUT2D eigenvalue weighted by atomic mass is 16.5. The van der Waals surface area contributed by atoms with E-state index in [4.69, 9.17) is 9.47 Å². The van der Waals surface area contributed by atoms with Gasteiger partial charge in [0.1, 0.15) is 0 Å². The zero-order chi connectivity index (χ0) is 16.7. The summed E-state index contributed by atoms with van der Waals surface area (Å²) in [5, 5.41) is 2.98. The number of nitrogens with zero attached hydrogens (tertiary/aromatic N) is 1. The monoisotopic (exact) mass is 320 g/mol. The minimum absolute atomic E-state index is 0.0806. The van der Waals surface area contributed by atoms with Gasteiger partial charge in [0.15, 0.2) is 11.5 Å². The van der Waals surface area contributed by atoms with E-state index >= 15 is 0 Å². The quantitative estimate of drug-likeness (QED) is 0.839. The summed E-state index contributed by atoms with van der Waals surface area (Å²) in [4.78, 5) is 14.6. The average Bonchev–Trinajstić information content (AvgIpc) is 2.61. The standard InChI is InChI=1S/C18H28N2O3/c1-20(15-7-5-4-6-8-15)12-11-19-18(21)14-9-10-16(22-2)17(13-14)23-3/h9-10,13,15H,4-8,11-12H2,1-3H3,(H,19,21). The van der Waals surface area contributed by atoms with Crippen LogP contribution < -0.4 is 14.8 Å². The van der Waals surface area contributed by atoms with Gasteiger partial charge >= 0.3 is 0 Å². The van der Waals surface area contributed by atoms with Gasteiger partial charge in [0.25, 0.3) is 5.91 Å². The lowest BCUT2D eigenvalue weighted by Gasteiger charge is -2.31. The van der Waals surface area contributed by atoms with Crippen LogP contribution in [0.2, 0.25) is 0 Å². The summed E-state index contributed by atoms with van der Waals surface area (Å²) >= 11 is 0. The second-order valence-corrected chi connectivity index (χ2v) is 6.10. The van der Waals surface area contributed by atoms with E-state index in [9.17, 15) is 4.79 Å². The molecule has 0 atom stereocenters. The lowest BCUT2D eigenvalue weighted by Crippen LogP contribution is -2.39. The van der Waals surface area contributed by atoms with Gasteiger partial charge < -0.3 is 19.7 Å². The summed E-state index contributed by atoms with van der Waals surface area (Å²) in [5.74, 6) is 1.11. The Bertz CT molecular complexity index is 513. The first-order chi connectivity index (χ1) is 11.2. The molecule has 0 aliphatic heterocycles. The number of nitrogens with one attached hydrogen (secondary N) is 1. The van der Waals surface area contributed by atoms with E-state index in [1.807, 2.05) is 0 Å². The van der Waals surface area contributed by atoms with Crippen LogP contribution in [0, 0.1) is 0 Å². The molecule has 0 radical (unpaired) electrons. The first-order valence-corrected chi connectivity index (χ1v) is 8.36. The van der Waals surface area contributed by atoms with Crippen LogP contribution in [-0.2, 0) is 0 Å². The Hall–Kier alpha value is -1.75. The van der Waals surface area contributed by atoms with Crippen molar-refractivity contribution in [1.82, 2.24) is 10.2 Å². The van der Waals surface area contributed by atoms with Crippen LogP contribution >= 0.6 is 0 Å². The van der Waals surface area contributed by atoms with Gasteiger partial charge in [-0.3, -0.25) is 4.79 Å². The second kappa shape index (κ2) is 8.77. The molecule has 1 amide bonds. The second-order valence-electron chi connectivity index (χ2n) is 6.10. The Morgan fingerprint density at radius 3 is 2.52 bits per heavy atom. The molecule has 0 heterocycles. The van der Waals surface area contributed by atoms with Crippen molar-refractivity contribution in [2.24, 2.45) is 0 Å². The van der Waals surface area contributed by atoms with Gasteiger partial charge in [-0.15, -0.1) is 0 Å². The van der Waals surface area contributed by atoms with Crippen molar-refractivity contribution >= 4 is 5.91 Å².